The zero-order chi connectivity index (χ0) is 14.6. The molecule has 19 heavy (non-hydrogen) atoms. The van der Waals surface area contributed by atoms with Crippen LogP contribution in [-0.4, -0.2) is 31.8 Å². The minimum Gasteiger partial charge on any atom is -0.387 e. The molecule has 0 aliphatic rings. The summed E-state index contributed by atoms with van der Waals surface area (Å²) in [5.74, 6) is -0.706. The fourth-order valence-corrected chi connectivity index (χ4v) is 2.74. The van der Waals surface area contributed by atoms with Crippen LogP contribution in [0.5, 0.6) is 0 Å². The Balaban J connectivity index is 3.10. The van der Waals surface area contributed by atoms with E-state index in [-0.39, 0.29) is 12.0 Å². The van der Waals surface area contributed by atoms with Gasteiger partial charge in [0.15, 0.2) is 9.94 Å². The van der Waals surface area contributed by atoms with Crippen molar-refractivity contribution < 1.29 is 18.0 Å². The van der Waals surface area contributed by atoms with Crippen molar-refractivity contribution in [2.24, 2.45) is 0 Å². The van der Waals surface area contributed by atoms with E-state index in [2.05, 4.69) is 21.2 Å². The Morgan fingerprint density at radius 1 is 1.47 bits per heavy atom. The average Bonchev–Trinajstić information content (AvgIpc) is 2.37. The number of halogens is 2. The molecule has 0 saturated carbocycles. The summed E-state index contributed by atoms with van der Waals surface area (Å²) in [6.07, 6.45) is -0.00222. The number of sulfonamides is 1. The molecular weight excluding hydrogens is 360 g/mol. The number of nitrogens with one attached hydrogen (secondary N) is 2. The molecule has 0 bridgehead atoms. The second-order valence-corrected chi connectivity index (χ2v) is 7.13. The molecule has 1 aromatic rings. The molecule has 0 aliphatic heterocycles. The largest absolute Gasteiger partial charge is 0.387 e. The highest BCUT2D eigenvalue weighted by Gasteiger charge is 2.30. The topological polar surface area (TPSA) is 92.3 Å². The number of hydrogen-bond donors (Lipinski definition) is 2. The summed E-state index contributed by atoms with van der Waals surface area (Å²) in [5.41, 5.74) is 0.639. The minimum absolute atomic E-state index is 0.00222. The van der Waals surface area contributed by atoms with Gasteiger partial charge in [-0.3, -0.25) is 14.3 Å². The molecule has 0 fully saturated rings. The summed E-state index contributed by atoms with van der Waals surface area (Å²) in [4.78, 5) is 22.2. The van der Waals surface area contributed by atoms with Crippen LogP contribution in [0.3, 0.4) is 0 Å². The van der Waals surface area contributed by atoms with E-state index in [0.717, 1.165) is 0 Å². The monoisotopic (exact) mass is 368 g/mol. The average molecular weight is 370 g/mol. The lowest BCUT2D eigenvalue weighted by molar-refractivity contribution is -0.108. The highest BCUT2D eigenvalue weighted by atomic mass is 79.9. The van der Waals surface area contributed by atoms with Crippen molar-refractivity contribution >= 4 is 55.4 Å². The fraction of sp³-hybridized carbons (Fsp3) is 0.200. The predicted molar refractivity (Wildman–Crippen MR) is 76.2 cm³/mol. The Hall–Kier alpha value is -1.12. The highest BCUT2D eigenvalue weighted by Crippen LogP contribution is 2.24. The molecule has 1 unspecified atom stereocenters. The van der Waals surface area contributed by atoms with Crippen LogP contribution in [-0.2, 0) is 14.8 Å². The van der Waals surface area contributed by atoms with E-state index < -0.39 is 20.0 Å². The number of rotatable bonds is 6. The highest BCUT2D eigenvalue weighted by molar-refractivity contribution is 9.11. The summed E-state index contributed by atoms with van der Waals surface area (Å²) >= 11 is 8.61. The van der Waals surface area contributed by atoms with Gasteiger partial charge in [-0.1, -0.05) is 27.5 Å². The summed E-state index contributed by atoms with van der Waals surface area (Å²) in [6, 6.07) is 4.30. The third-order valence-corrected chi connectivity index (χ3v) is 5.62. The molecule has 104 valence electrons. The number of ketones is 1. The zero-order valence-corrected chi connectivity index (χ0v) is 12.8. The molecule has 0 heterocycles. The van der Waals surface area contributed by atoms with Crippen LogP contribution < -0.4 is 10.0 Å². The molecule has 9 heteroatoms. The van der Waals surface area contributed by atoms with Gasteiger partial charge in [0.05, 0.1) is 10.7 Å². The van der Waals surface area contributed by atoms with E-state index in [1.165, 1.54) is 18.2 Å². The number of carbonyl (C=O) groups is 2. The van der Waals surface area contributed by atoms with Gasteiger partial charge in [0.1, 0.15) is 0 Å². The quantitative estimate of drug-likeness (QED) is 0.449. The smallest absolute Gasteiger partial charge is 0.255 e. The van der Waals surface area contributed by atoms with Crippen molar-refractivity contribution in [3.05, 3.63) is 28.8 Å². The van der Waals surface area contributed by atoms with Crippen molar-refractivity contribution in [2.45, 2.75) is 4.16 Å². The van der Waals surface area contributed by atoms with Gasteiger partial charge in [0.25, 0.3) is 10.0 Å². The summed E-state index contributed by atoms with van der Waals surface area (Å²) in [6.45, 7) is 0. The maximum Gasteiger partial charge on any atom is 0.255 e. The van der Waals surface area contributed by atoms with Crippen LogP contribution in [0, 0.1) is 0 Å². The van der Waals surface area contributed by atoms with E-state index in [1.807, 2.05) is 0 Å². The maximum absolute atomic E-state index is 12.0. The Bertz CT molecular complexity index is 606. The van der Waals surface area contributed by atoms with Gasteiger partial charge in [-0.25, -0.2) is 8.42 Å². The molecule has 1 amide bonds. The maximum atomic E-state index is 12.0. The summed E-state index contributed by atoms with van der Waals surface area (Å²) in [5, 5.41) is 3.17. The number of alkyl halides is 1. The van der Waals surface area contributed by atoms with Crippen LogP contribution in [0.25, 0.3) is 0 Å². The third kappa shape index (κ3) is 3.68. The number of hydrogen-bond acceptors (Lipinski definition) is 5. The second-order valence-electron chi connectivity index (χ2n) is 3.41. The normalized spacial score (nSPS) is 12.6. The van der Waals surface area contributed by atoms with E-state index in [9.17, 15) is 18.0 Å². The lowest BCUT2D eigenvalue weighted by Crippen LogP contribution is -2.34. The van der Waals surface area contributed by atoms with Crippen molar-refractivity contribution in [1.82, 2.24) is 4.72 Å². The molecule has 0 aliphatic carbocycles. The number of amides is 1. The van der Waals surface area contributed by atoms with Crippen LogP contribution in [0.15, 0.2) is 18.2 Å². The van der Waals surface area contributed by atoms with Gasteiger partial charge in [-0.15, -0.1) is 0 Å². The van der Waals surface area contributed by atoms with Crippen molar-refractivity contribution in [3.63, 3.8) is 0 Å². The van der Waals surface area contributed by atoms with Gasteiger partial charge in [-0.2, -0.15) is 0 Å². The molecule has 0 saturated heterocycles. The van der Waals surface area contributed by atoms with Crippen LogP contribution in [0.4, 0.5) is 5.69 Å². The van der Waals surface area contributed by atoms with Gasteiger partial charge < -0.3 is 5.32 Å². The first-order chi connectivity index (χ1) is 8.83. The van der Waals surface area contributed by atoms with Crippen LogP contribution in [0.2, 0.25) is 5.02 Å². The van der Waals surface area contributed by atoms with E-state index in [0.29, 0.717) is 10.7 Å². The second kappa shape index (κ2) is 6.36. The number of Topliss-reactive ketones (excluding diaryl/α,β-unsaturated/α-hetero) is 1. The van der Waals surface area contributed by atoms with Gasteiger partial charge in [-0.05, 0) is 18.2 Å². The molecule has 1 rings (SSSR count). The first kappa shape index (κ1) is 15.9. The Morgan fingerprint density at radius 3 is 2.63 bits per heavy atom. The van der Waals surface area contributed by atoms with E-state index >= 15 is 0 Å². The fourth-order valence-electron chi connectivity index (χ4n) is 1.27. The molecule has 6 nitrogen and oxygen atoms in total. The zero-order valence-electron chi connectivity index (χ0n) is 9.68. The SMILES string of the molecule is CNc1cc(C(=O)C(Br)S(=O)(=O)NC=O)ccc1Cl. The molecule has 0 radical (unpaired) electrons. The van der Waals surface area contributed by atoms with Gasteiger partial charge in [0, 0.05) is 12.6 Å². The first-order valence-electron chi connectivity index (χ1n) is 4.94. The Morgan fingerprint density at radius 2 is 2.11 bits per heavy atom. The minimum atomic E-state index is -4.09. The van der Waals surface area contributed by atoms with Crippen LogP contribution in [0.1, 0.15) is 10.4 Å². The van der Waals surface area contributed by atoms with Crippen molar-refractivity contribution in [2.75, 3.05) is 12.4 Å². The first-order valence-corrected chi connectivity index (χ1v) is 7.78. The van der Waals surface area contributed by atoms with E-state index in [1.54, 1.807) is 11.8 Å². The molecule has 1 atom stereocenters. The van der Waals surface area contributed by atoms with Gasteiger partial charge >= 0.3 is 0 Å². The van der Waals surface area contributed by atoms with Crippen molar-refractivity contribution in [1.29, 1.82) is 0 Å². The predicted octanol–water partition coefficient (Wildman–Crippen LogP) is 1.36. The summed E-state index contributed by atoms with van der Waals surface area (Å²) in [7, 11) is -2.47. The van der Waals surface area contributed by atoms with Crippen molar-refractivity contribution in [3.8, 4) is 0 Å². The summed E-state index contributed by atoms with van der Waals surface area (Å²) < 4.78 is 23.1. The molecule has 0 spiro atoms. The number of anilines is 1. The van der Waals surface area contributed by atoms with Gasteiger partial charge in [0.2, 0.25) is 6.41 Å². The van der Waals surface area contributed by atoms with Crippen LogP contribution >= 0.6 is 27.5 Å². The molecular formula is C10H10BrClN2O4S. The molecule has 0 aromatic heterocycles. The molecule has 1 aromatic carbocycles. The standard InChI is InChI=1S/C10H10BrClN2O4S/c1-13-8-4-6(2-3-7(8)12)9(16)10(11)19(17,18)14-5-15/h2-5,10,13H,1H3,(H,14,15). The third-order valence-electron chi connectivity index (χ3n) is 2.21. The Labute approximate surface area is 123 Å². The lowest BCUT2D eigenvalue weighted by Gasteiger charge is -2.11. The lowest BCUT2D eigenvalue weighted by atomic mass is 10.1. The number of carbonyl (C=O) groups excluding carboxylic acids is 2. The van der Waals surface area contributed by atoms with E-state index in [4.69, 9.17) is 11.6 Å². The number of benzene rings is 1. The molecule has 2 N–H and O–H groups in total. The Kier molecular flexibility index (Phi) is 5.33.